The predicted octanol–water partition coefficient (Wildman–Crippen LogP) is 15.8. The number of carboxylic acids is 2. The summed E-state index contributed by atoms with van der Waals surface area (Å²) in [5.74, 6) is -0.853. The van der Waals surface area contributed by atoms with Gasteiger partial charge in [0.15, 0.2) is 0 Å². The number of aromatic carboxylic acids is 2. The van der Waals surface area contributed by atoms with Gasteiger partial charge in [-0.3, -0.25) is 4.79 Å². The van der Waals surface area contributed by atoms with Gasteiger partial charge in [0.05, 0.1) is 47.1 Å². The first kappa shape index (κ1) is 46.4. The second-order valence-corrected chi connectivity index (χ2v) is 39.2. The Labute approximate surface area is 410 Å². The number of hydrogen-bond donors (Lipinski definition) is 3. The van der Waals surface area contributed by atoms with E-state index in [2.05, 4.69) is 95.3 Å². The lowest BCUT2D eigenvalue weighted by atomic mass is 9.83. The Morgan fingerprint density at radius 2 is 0.574 bits per heavy atom. The van der Waals surface area contributed by atoms with E-state index in [4.69, 9.17) is 0 Å². The molecule has 0 unspecified atom stereocenters. The van der Waals surface area contributed by atoms with E-state index in [1.807, 2.05) is 23.5 Å². The number of hydrogen-bond acceptors (Lipinski definition) is 15. The van der Waals surface area contributed by atoms with Crippen LogP contribution in [-0.2, 0) is 0 Å². The number of rotatable bonds is 8. The second kappa shape index (κ2) is 15.4. The van der Waals surface area contributed by atoms with Crippen LogP contribution in [0.5, 0.6) is 0 Å². The molecular weight excluding hydrogens is 995 g/mol. The van der Waals surface area contributed by atoms with Gasteiger partial charge in [0.25, 0.3) is 5.91 Å². The smallest absolute Gasteiger partial charge is 0.338 e. The highest BCUT2D eigenvalue weighted by atomic mass is 32.2. The summed E-state index contributed by atoms with van der Waals surface area (Å²) in [6, 6.07) is 0. The van der Waals surface area contributed by atoms with E-state index in [9.17, 15) is 24.6 Å². The molecule has 6 aliphatic heterocycles. The molecule has 1 radical (unpaired) electrons. The highest BCUT2D eigenvalue weighted by Crippen LogP contribution is 2.74. The molecule has 18 heteroatoms. The molecular formula is C43H46NO5S12. The minimum atomic E-state index is -0.918. The van der Waals surface area contributed by atoms with Crippen LogP contribution in [0.25, 0.3) is 0 Å². The van der Waals surface area contributed by atoms with Crippen LogP contribution in [0.2, 0.25) is 0 Å². The minimum Gasteiger partial charge on any atom is -0.478 e. The number of carbonyl (C=O) groups excluding carboxylic acids is 1. The molecule has 0 fully saturated rings. The molecule has 61 heavy (non-hydrogen) atoms. The topological polar surface area (TPSA) is 104 Å². The zero-order chi connectivity index (χ0) is 44.3. The van der Waals surface area contributed by atoms with Gasteiger partial charge in [-0.2, -0.15) is 0 Å². The van der Waals surface area contributed by atoms with Crippen molar-refractivity contribution < 1.29 is 24.6 Å². The van der Waals surface area contributed by atoms with Crippen molar-refractivity contribution in [1.82, 2.24) is 5.32 Å². The number of nitrogens with one attached hydrogen (secondary N) is 1. The highest BCUT2D eigenvalue weighted by molar-refractivity contribution is 8.23. The fourth-order valence-corrected chi connectivity index (χ4v) is 25.9. The van der Waals surface area contributed by atoms with E-state index in [0.29, 0.717) is 17.7 Å². The molecule has 3 aromatic rings. The van der Waals surface area contributed by atoms with Gasteiger partial charge in [0, 0.05) is 65.3 Å². The summed E-state index contributed by atoms with van der Waals surface area (Å²) in [5.41, 5.74) is 4.66. The molecule has 6 nitrogen and oxygen atoms in total. The van der Waals surface area contributed by atoms with E-state index < -0.39 is 11.9 Å². The van der Waals surface area contributed by atoms with E-state index >= 15 is 0 Å². The average Bonchev–Trinajstić information content (AvgIpc) is 3.91. The zero-order valence-electron chi connectivity index (χ0n) is 35.9. The lowest BCUT2D eigenvalue weighted by Crippen LogP contribution is -2.26. The van der Waals surface area contributed by atoms with Crippen LogP contribution in [0, 0.1) is 5.92 Å². The van der Waals surface area contributed by atoms with Gasteiger partial charge in [-0.1, -0.05) is 6.92 Å². The molecule has 0 saturated heterocycles. The summed E-state index contributed by atoms with van der Waals surface area (Å²) < 4.78 is -2.01. The third-order valence-corrected chi connectivity index (χ3v) is 27.1. The molecule has 9 rings (SSSR count). The Bertz CT molecular complexity index is 2300. The summed E-state index contributed by atoms with van der Waals surface area (Å²) in [5, 5.41) is 25.5. The molecule has 325 valence electrons. The molecule has 3 aromatic carbocycles. The Hall–Kier alpha value is 0.270. The minimum absolute atomic E-state index is 0.0518. The van der Waals surface area contributed by atoms with Crippen LogP contribution in [0.3, 0.4) is 0 Å². The molecule has 6 heterocycles. The maximum atomic E-state index is 14.6. The van der Waals surface area contributed by atoms with Crippen molar-refractivity contribution in [2.75, 3.05) is 6.54 Å². The normalized spacial score (nSPS) is 22.1. The van der Waals surface area contributed by atoms with Crippen molar-refractivity contribution in [3.63, 3.8) is 0 Å². The molecule has 0 aliphatic carbocycles. The van der Waals surface area contributed by atoms with Crippen molar-refractivity contribution in [3.8, 4) is 0 Å². The SMILES string of the molecule is CCCNC(=O)c1c2c(c([C](c3c4c(c(C(=O)O)c5c3SC(C)(C)S5)SC(C)(C)S4)c3c4c(c(C(=O)O)c5c3SC(C)(C)S5)SC(C)(C)S4)c3c1SC(C)(C)S3)SC(C)(C)S2. The fourth-order valence-electron chi connectivity index (χ4n) is 8.20. The summed E-state index contributed by atoms with van der Waals surface area (Å²) in [6.45, 7) is 29.0. The molecule has 1 amide bonds. The van der Waals surface area contributed by atoms with Gasteiger partial charge in [-0.15, -0.1) is 141 Å². The molecule has 0 spiro atoms. The molecule has 0 atom stereocenters. The first-order chi connectivity index (χ1) is 28.1. The van der Waals surface area contributed by atoms with Crippen molar-refractivity contribution in [1.29, 1.82) is 0 Å². The lowest BCUT2D eigenvalue weighted by molar-refractivity contribution is 0.0677. The third-order valence-electron chi connectivity index (χ3n) is 10.1. The van der Waals surface area contributed by atoms with Gasteiger partial charge >= 0.3 is 11.9 Å². The van der Waals surface area contributed by atoms with Crippen molar-refractivity contribution in [2.24, 2.45) is 0 Å². The van der Waals surface area contributed by atoms with Crippen molar-refractivity contribution >= 4 is 159 Å². The summed E-state index contributed by atoms with van der Waals surface area (Å²) >= 11 is 20.6. The number of carbonyl (C=O) groups is 3. The Morgan fingerprint density at radius 1 is 0.377 bits per heavy atom. The molecule has 0 aromatic heterocycles. The van der Waals surface area contributed by atoms with E-state index in [-0.39, 0.29) is 30.4 Å². The largest absolute Gasteiger partial charge is 0.478 e. The molecule has 6 aliphatic rings. The average molecular weight is 1040 g/mol. The number of fused-ring (bicyclic) bond motifs is 6. The van der Waals surface area contributed by atoms with E-state index in [1.54, 1.807) is 118 Å². The maximum absolute atomic E-state index is 14.6. The number of amides is 1. The number of benzene rings is 3. The van der Waals surface area contributed by atoms with Gasteiger partial charge < -0.3 is 15.5 Å². The summed E-state index contributed by atoms with van der Waals surface area (Å²) in [7, 11) is 0. The maximum Gasteiger partial charge on any atom is 0.338 e. The Balaban J connectivity index is 1.51. The quantitative estimate of drug-likeness (QED) is 0.186. The summed E-state index contributed by atoms with van der Waals surface area (Å²) in [6.07, 6.45) is 0.828. The predicted molar refractivity (Wildman–Crippen MR) is 271 cm³/mol. The second-order valence-electron chi connectivity index (χ2n) is 18.1. The van der Waals surface area contributed by atoms with Gasteiger partial charge in [-0.05, 0) is 106 Å². The van der Waals surface area contributed by atoms with Crippen LogP contribution >= 0.6 is 141 Å². The number of thioether (sulfide) groups is 12. The van der Waals surface area contributed by atoms with Crippen LogP contribution in [0.4, 0.5) is 0 Å². The van der Waals surface area contributed by atoms with Crippen molar-refractivity contribution in [3.05, 3.63) is 39.3 Å². The zero-order valence-corrected chi connectivity index (χ0v) is 45.7. The van der Waals surface area contributed by atoms with Crippen molar-refractivity contribution in [2.45, 2.75) is 180 Å². The summed E-state index contributed by atoms with van der Waals surface area (Å²) in [4.78, 5) is 52.9. The van der Waals surface area contributed by atoms with Crippen LogP contribution < -0.4 is 5.32 Å². The van der Waals surface area contributed by atoms with Crippen LogP contribution in [0.15, 0.2) is 58.7 Å². The Kier molecular flexibility index (Phi) is 11.7. The first-order valence-corrected chi connectivity index (χ1v) is 29.6. The van der Waals surface area contributed by atoms with E-state index in [1.165, 1.54) is 0 Å². The van der Waals surface area contributed by atoms with Gasteiger partial charge in [0.1, 0.15) is 0 Å². The van der Waals surface area contributed by atoms with Gasteiger partial charge in [0.2, 0.25) is 0 Å². The molecule has 0 bridgehead atoms. The third kappa shape index (κ3) is 7.97. The van der Waals surface area contributed by atoms with Crippen LogP contribution in [-0.4, -0.2) is 59.1 Å². The molecule has 0 saturated carbocycles. The monoisotopic (exact) mass is 1040 g/mol. The Morgan fingerprint density at radius 3 is 0.770 bits per heavy atom. The lowest BCUT2D eigenvalue weighted by Gasteiger charge is -2.31. The highest BCUT2D eigenvalue weighted by Gasteiger charge is 2.54. The van der Waals surface area contributed by atoms with Crippen LogP contribution in [0.1, 0.15) is 144 Å². The molecule has 3 N–H and O–H groups in total. The fraction of sp³-hybridized carbons (Fsp3) is 0.488. The first-order valence-electron chi connectivity index (χ1n) is 19.8. The van der Waals surface area contributed by atoms with E-state index in [0.717, 1.165) is 93.3 Å². The standard InChI is InChI=1S/C43H46NO5S12/c1-14-15-44-35(45)20-29-23(50-38(2,3)56-29)17(24-30(20)57-39(4,5)51-24)16(18-25-31(58-40(6,7)52-25)21(36(46)47)32-26(18)53-41(8,9)59-32)19-27-33(60-42(10,11)54-27)22(37(48)49)34-28(19)55-43(12,13)61-34/h14-15H2,1-13H3,(H,44,45)(H,46,47)(H,48,49). The van der Waals surface area contributed by atoms with Gasteiger partial charge in [-0.25, -0.2) is 9.59 Å². The number of carboxylic acid groups (broad SMARTS) is 2.